The van der Waals surface area contributed by atoms with Gasteiger partial charge in [0.2, 0.25) is 11.8 Å². The van der Waals surface area contributed by atoms with Crippen LogP contribution in [0, 0.1) is 22.1 Å². The molecule has 25 heteroatoms. The minimum absolute atomic E-state index is 0. The number of nitrogens with zero attached hydrogens (tertiary/aromatic N) is 6. The number of hydrogen-bond acceptors (Lipinski definition) is 11. The minimum atomic E-state index is -1.18. The van der Waals surface area contributed by atoms with Crippen molar-refractivity contribution in [3.63, 3.8) is 0 Å². The zero-order valence-electron chi connectivity index (χ0n) is 40.0. The summed E-state index contributed by atoms with van der Waals surface area (Å²) in [5, 5.41) is 19.1. The molecule has 5 aromatic heterocycles. The van der Waals surface area contributed by atoms with Gasteiger partial charge in [-0.05, 0) is 109 Å². The van der Waals surface area contributed by atoms with E-state index in [-0.39, 0.29) is 82.6 Å². The van der Waals surface area contributed by atoms with Gasteiger partial charge in [0.15, 0.2) is 0 Å². The molecule has 6 N–H and O–H groups in total. The largest absolute Gasteiger partial charge is 0.348 e. The molecule has 1 saturated carbocycles. The van der Waals surface area contributed by atoms with E-state index in [0.29, 0.717) is 48.3 Å². The highest BCUT2D eigenvalue weighted by molar-refractivity contribution is 14.1. The van der Waals surface area contributed by atoms with E-state index in [0.717, 1.165) is 15.9 Å². The fourth-order valence-electron chi connectivity index (χ4n) is 8.69. The third-order valence-electron chi connectivity index (χ3n) is 12.4. The van der Waals surface area contributed by atoms with Crippen molar-refractivity contribution < 1.29 is 23.2 Å². The third-order valence-corrected chi connectivity index (χ3v) is 14.7. The summed E-state index contributed by atoms with van der Waals surface area (Å²) in [7, 11) is 3.15. The molecule has 0 bridgehead atoms. The maximum absolute atomic E-state index is 15.3. The predicted octanol–water partition coefficient (Wildman–Crippen LogP) is 7.33. The van der Waals surface area contributed by atoms with E-state index in [1.807, 2.05) is 22.6 Å². The number of thiophene rings is 1. The number of imidazole rings is 1. The fourth-order valence-corrected chi connectivity index (χ4v) is 10.6. The monoisotopic (exact) mass is 1210 g/mol. The molecule has 75 heavy (non-hydrogen) atoms. The Kier molecular flexibility index (Phi) is 16.8. The van der Waals surface area contributed by atoms with E-state index < -0.39 is 64.3 Å². The summed E-state index contributed by atoms with van der Waals surface area (Å²) in [6.07, 6.45) is 5.72. The van der Waals surface area contributed by atoms with Gasteiger partial charge < -0.3 is 31.6 Å². The van der Waals surface area contributed by atoms with Gasteiger partial charge in [0.25, 0.3) is 17.0 Å². The molecule has 3 aromatic carbocycles. The van der Waals surface area contributed by atoms with Crippen molar-refractivity contribution >= 4 is 115 Å². The molecular weight excluding hydrogens is 1170 g/mol. The third kappa shape index (κ3) is 11.9. The molecule has 0 aliphatic heterocycles. The van der Waals surface area contributed by atoms with Crippen LogP contribution in [0.25, 0.3) is 27.8 Å². The second-order valence-electron chi connectivity index (χ2n) is 17.7. The molecular formula is C50H46Cl3F2IN12O6S. The van der Waals surface area contributed by atoms with Crippen LogP contribution in [-0.4, -0.2) is 76.3 Å². The van der Waals surface area contributed by atoms with Gasteiger partial charge in [0, 0.05) is 71.4 Å². The minimum Gasteiger partial charge on any atom is -0.348 e. The first-order valence-corrected chi connectivity index (χ1v) is 25.6. The lowest BCUT2D eigenvalue weighted by atomic mass is 10.1. The number of aromatic nitrogens is 7. The molecule has 390 valence electrons. The molecule has 5 heterocycles. The molecule has 0 radical (unpaired) electrons. The number of hydrogen-bond donors (Lipinski definition) is 6. The lowest BCUT2D eigenvalue weighted by molar-refractivity contribution is -0.126. The van der Waals surface area contributed by atoms with Crippen LogP contribution in [0.5, 0.6) is 0 Å². The molecule has 9 rings (SSSR count). The van der Waals surface area contributed by atoms with Gasteiger partial charge >= 0.3 is 5.69 Å². The van der Waals surface area contributed by atoms with Gasteiger partial charge in [-0.3, -0.25) is 42.4 Å². The number of benzene rings is 3. The zero-order chi connectivity index (χ0) is 52.5. The quantitative estimate of drug-likeness (QED) is 0.0470. The lowest BCUT2D eigenvalue weighted by Crippen LogP contribution is -2.50. The molecule has 0 spiro atoms. The number of halogens is 6. The van der Waals surface area contributed by atoms with Crippen LogP contribution in [0.2, 0.25) is 9.36 Å². The van der Waals surface area contributed by atoms with Crippen LogP contribution in [0.1, 0.15) is 45.4 Å². The molecule has 2 atom stereocenters. The Balaban J connectivity index is 0.00000747. The summed E-state index contributed by atoms with van der Waals surface area (Å²) in [4.78, 5) is 91.7. The predicted molar refractivity (Wildman–Crippen MR) is 295 cm³/mol. The van der Waals surface area contributed by atoms with Gasteiger partial charge in [-0.2, -0.15) is 5.10 Å². The van der Waals surface area contributed by atoms with Gasteiger partial charge in [-0.1, -0.05) is 41.4 Å². The highest BCUT2D eigenvalue weighted by atomic mass is 127. The number of aromatic amines is 1. The molecule has 1 aliphatic rings. The smallest absolute Gasteiger partial charge is 0.336 e. The Morgan fingerprint density at radius 2 is 1.72 bits per heavy atom. The summed E-state index contributed by atoms with van der Waals surface area (Å²) < 4.78 is 35.7. The average Bonchev–Trinajstić information content (AvgIpc) is 3.76. The Bertz CT molecular complexity index is 3670. The van der Waals surface area contributed by atoms with E-state index >= 15 is 4.39 Å². The molecule has 0 saturated heterocycles. The van der Waals surface area contributed by atoms with Crippen LogP contribution in [0.3, 0.4) is 0 Å². The molecule has 3 amide bonds. The number of anilines is 3. The second kappa shape index (κ2) is 23.0. The van der Waals surface area contributed by atoms with E-state index in [1.165, 1.54) is 72.2 Å². The van der Waals surface area contributed by atoms with Crippen LogP contribution in [0.4, 0.5) is 26.0 Å². The van der Waals surface area contributed by atoms with Crippen LogP contribution < -0.4 is 43.4 Å². The van der Waals surface area contributed by atoms with Crippen molar-refractivity contribution in [2.24, 2.45) is 14.1 Å². The number of rotatable bonds is 18. The van der Waals surface area contributed by atoms with Crippen molar-refractivity contribution in [2.45, 2.75) is 50.7 Å². The van der Waals surface area contributed by atoms with Gasteiger partial charge in [0.05, 0.1) is 51.6 Å². The van der Waals surface area contributed by atoms with Crippen molar-refractivity contribution in [3.05, 3.63) is 169 Å². The Morgan fingerprint density at radius 1 is 0.947 bits per heavy atom. The lowest BCUT2D eigenvalue weighted by Gasteiger charge is -2.22. The summed E-state index contributed by atoms with van der Waals surface area (Å²) in [5.74, 6) is -2.78. The number of carbonyl (C=O) groups excluding carboxylic acids is 3. The SMILES string of the molecule is Cc1c(=O)n(C)c(Nc2ccc(I)cc2F)c2c(=O)n(C3CC3)c(=O)n(-c3cccc(NC(=O)[C@H](Cc4cnc[nH]4)NC(=O)CNC[C@H](Cc4cccc(F)c4)NC(=O)c4cc(-c5c(Cl)cnn5C)c(Cl)s4)c3)c12.Cl. The number of fused-ring (bicyclic) bond motifs is 1. The Morgan fingerprint density at radius 3 is 2.41 bits per heavy atom. The van der Waals surface area contributed by atoms with Crippen molar-refractivity contribution in [2.75, 3.05) is 23.7 Å². The second-order valence-corrected chi connectivity index (χ2v) is 21.0. The first kappa shape index (κ1) is 54.6. The molecule has 1 fully saturated rings. The molecule has 18 nitrogen and oxygen atoms in total. The van der Waals surface area contributed by atoms with E-state index in [1.54, 1.807) is 54.2 Å². The molecule has 8 aromatic rings. The molecule has 1 aliphatic carbocycles. The number of amides is 3. The number of aryl methyl sites for hydroxylation is 2. The summed E-state index contributed by atoms with van der Waals surface area (Å²) in [5.41, 5.74) is 0.775. The highest BCUT2D eigenvalue weighted by Crippen LogP contribution is 2.39. The number of H-pyrrole nitrogens is 1. The number of carbonyl (C=O) groups is 3. The summed E-state index contributed by atoms with van der Waals surface area (Å²) >= 11 is 15.9. The van der Waals surface area contributed by atoms with Crippen molar-refractivity contribution in [1.29, 1.82) is 0 Å². The van der Waals surface area contributed by atoms with Crippen LogP contribution in [0.15, 0.2) is 106 Å². The van der Waals surface area contributed by atoms with E-state index in [2.05, 4.69) is 41.7 Å². The maximum Gasteiger partial charge on any atom is 0.336 e. The average molecular weight is 1210 g/mol. The Hall–Kier alpha value is -6.70. The normalized spacial score (nSPS) is 13.0. The van der Waals surface area contributed by atoms with Gasteiger partial charge in [0.1, 0.15) is 33.2 Å². The first-order valence-electron chi connectivity index (χ1n) is 23.0. The van der Waals surface area contributed by atoms with E-state index in [4.69, 9.17) is 23.2 Å². The highest BCUT2D eigenvalue weighted by Gasteiger charge is 2.32. The first-order chi connectivity index (χ1) is 35.4. The maximum atomic E-state index is 15.3. The van der Waals surface area contributed by atoms with Crippen molar-refractivity contribution in [3.8, 4) is 16.9 Å². The van der Waals surface area contributed by atoms with Crippen LogP contribution >= 0.6 is 69.5 Å². The van der Waals surface area contributed by atoms with Crippen molar-refractivity contribution in [1.82, 2.24) is 49.4 Å². The number of pyridine rings is 1. The van der Waals surface area contributed by atoms with E-state index in [9.17, 15) is 33.2 Å². The van der Waals surface area contributed by atoms with Gasteiger partial charge in [-0.15, -0.1) is 23.7 Å². The topological polar surface area (TPSA) is 224 Å². The molecule has 0 unspecified atom stereocenters. The standard InChI is InChI=1S/C50H45Cl2F2IN12O6S.ClH/c1-25-42-41(45(64(2)48(25)71)63-37-13-10-28(55)16-36(37)54)49(72)67(32-11-12-32)50(73)66(42)33-9-5-8-29(17-33)60-46(69)38(18-30-20-57-24-58-30)62-40(68)23-56-21-31(15-26-6-4-7-27(53)14-26)61-47(70)39-19-34(44(52)74-39)43-35(51)22-59-65(43)3;/h4-10,13-14,16-17,19-20,22,24,31-32,38,56,63H,11-12,15,18,21,23H2,1-3H3,(H,57,58)(H,60,69)(H,61,70)(H,62,68);1H/t31-,38-;/m0./s1. The fraction of sp³-hybridized carbons (Fsp3) is 0.240. The summed E-state index contributed by atoms with van der Waals surface area (Å²) in [6.45, 7) is 1.25. The summed E-state index contributed by atoms with van der Waals surface area (Å²) in [6, 6.07) is 16.0. The van der Waals surface area contributed by atoms with Crippen LogP contribution in [-0.2, 0) is 36.5 Å². The Labute approximate surface area is 459 Å². The zero-order valence-corrected chi connectivity index (χ0v) is 45.3. The number of nitrogens with one attached hydrogen (secondary N) is 6. The van der Waals surface area contributed by atoms with Gasteiger partial charge in [-0.25, -0.2) is 18.6 Å².